The molecular formula is C34H32N6O3S3. The van der Waals surface area contributed by atoms with Crippen molar-refractivity contribution in [1.29, 1.82) is 0 Å². The molecule has 1 aliphatic carbocycles. The van der Waals surface area contributed by atoms with Crippen LogP contribution >= 0.6 is 34.9 Å². The lowest BCUT2D eigenvalue weighted by molar-refractivity contribution is -0.113. The Morgan fingerprint density at radius 3 is 2.70 bits per heavy atom. The summed E-state index contributed by atoms with van der Waals surface area (Å²) in [5.41, 5.74) is 6.11. The van der Waals surface area contributed by atoms with Gasteiger partial charge >= 0.3 is 0 Å². The summed E-state index contributed by atoms with van der Waals surface area (Å²) >= 11 is 4.31. The van der Waals surface area contributed by atoms with Crippen molar-refractivity contribution in [3.05, 3.63) is 89.4 Å². The minimum absolute atomic E-state index is 0.0860. The van der Waals surface area contributed by atoms with Gasteiger partial charge in [-0.3, -0.25) is 14.2 Å². The third-order valence-electron chi connectivity index (χ3n) is 8.11. The Balaban J connectivity index is 0.950. The van der Waals surface area contributed by atoms with Crippen LogP contribution in [0, 0.1) is 6.92 Å². The summed E-state index contributed by atoms with van der Waals surface area (Å²) in [6.07, 6.45) is 4.26. The first kappa shape index (κ1) is 30.5. The van der Waals surface area contributed by atoms with Gasteiger partial charge in [-0.25, -0.2) is 4.98 Å². The highest BCUT2D eigenvalue weighted by Gasteiger charge is 2.23. The second-order valence-electron chi connectivity index (χ2n) is 11.2. The lowest BCUT2D eigenvalue weighted by atomic mass is 9.96. The quantitative estimate of drug-likeness (QED) is 0.152. The number of para-hydroxylation sites is 2. The Morgan fingerprint density at radius 1 is 0.978 bits per heavy atom. The monoisotopic (exact) mass is 668 g/mol. The molecule has 46 heavy (non-hydrogen) atoms. The molecule has 0 aliphatic heterocycles. The molecule has 1 N–H and O–H groups in total. The zero-order valence-electron chi connectivity index (χ0n) is 25.5. The van der Waals surface area contributed by atoms with Crippen molar-refractivity contribution in [2.45, 2.75) is 48.7 Å². The number of aryl methyl sites for hydroxylation is 2. The third-order valence-corrected chi connectivity index (χ3v) is 11.3. The van der Waals surface area contributed by atoms with E-state index in [0.717, 1.165) is 50.6 Å². The van der Waals surface area contributed by atoms with Crippen LogP contribution in [0.25, 0.3) is 21.1 Å². The highest BCUT2D eigenvalue weighted by molar-refractivity contribution is 8.01. The van der Waals surface area contributed by atoms with E-state index in [2.05, 4.69) is 33.7 Å². The van der Waals surface area contributed by atoms with E-state index in [1.165, 1.54) is 57.9 Å². The summed E-state index contributed by atoms with van der Waals surface area (Å²) in [5.74, 6) is 1.93. The molecule has 12 heteroatoms. The van der Waals surface area contributed by atoms with Crippen molar-refractivity contribution in [1.82, 2.24) is 24.3 Å². The minimum atomic E-state index is -0.142. The van der Waals surface area contributed by atoms with Crippen molar-refractivity contribution in [3.63, 3.8) is 0 Å². The molecule has 234 valence electrons. The van der Waals surface area contributed by atoms with E-state index in [-0.39, 0.29) is 24.2 Å². The highest BCUT2D eigenvalue weighted by Crippen LogP contribution is 2.35. The maximum Gasteiger partial charge on any atom is 0.241 e. The first-order chi connectivity index (χ1) is 22.4. The van der Waals surface area contributed by atoms with Crippen LogP contribution < -0.4 is 10.1 Å². The van der Waals surface area contributed by atoms with Crippen LogP contribution in [0.2, 0.25) is 0 Å². The van der Waals surface area contributed by atoms with E-state index in [4.69, 9.17) is 9.72 Å². The number of hydrogen-bond acceptors (Lipinski definition) is 9. The molecule has 0 saturated heterocycles. The lowest BCUT2D eigenvalue weighted by Gasteiger charge is -2.14. The molecule has 0 saturated carbocycles. The van der Waals surface area contributed by atoms with Gasteiger partial charge in [0.1, 0.15) is 12.4 Å². The van der Waals surface area contributed by atoms with E-state index < -0.39 is 0 Å². The number of fused-ring (bicyclic) bond motifs is 4. The molecule has 9 nitrogen and oxygen atoms in total. The van der Waals surface area contributed by atoms with E-state index >= 15 is 0 Å². The second-order valence-corrected chi connectivity index (χ2v) is 14.4. The fourth-order valence-electron chi connectivity index (χ4n) is 5.80. The summed E-state index contributed by atoms with van der Waals surface area (Å²) in [6.45, 7) is 2.28. The van der Waals surface area contributed by atoms with Crippen LogP contribution in [-0.4, -0.2) is 47.6 Å². The average molecular weight is 669 g/mol. The van der Waals surface area contributed by atoms with Crippen molar-refractivity contribution < 1.29 is 14.3 Å². The van der Waals surface area contributed by atoms with Gasteiger partial charge in [0.25, 0.3) is 0 Å². The largest absolute Gasteiger partial charge is 0.485 e. The summed E-state index contributed by atoms with van der Waals surface area (Å²) < 4.78 is 11.5. The van der Waals surface area contributed by atoms with Gasteiger partial charge in [-0.2, -0.15) is 0 Å². The van der Waals surface area contributed by atoms with Gasteiger partial charge in [0, 0.05) is 23.8 Å². The molecule has 3 aromatic heterocycles. The molecule has 0 bridgehead atoms. The highest BCUT2D eigenvalue weighted by atomic mass is 32.2. The maximum absolute atomic E-state index is 13.5. The number of thiazole rings is 1. The van der Waals surface area contributed by atoms with E-state index in [1.807, 2.05) is 71.6 Å². The number of rotatable bonds is 10. The second kappa shape index (κ2) is 13.3. The Labute approximate surface area is 278 Å². The summed E-state index contributed by atoms with van der Waals surface area (Å²) in [6, 6.07) is 21.8. The fraction of sp³-hybridized carbons (Fsp3) is 0.265. The molecule has 0 atom stereocenters. The molecule has 7 rings (SSSR count). The van der Waals surface area contributed by atoms with Crippen molar-refractivity contribution in [3.8, 4) is 5.75 Å². The predicted molar refractivity (Wildman–Crippen MR) is 185 cm³/mol. The van der Waals surface area contributed by atoms with Gasteiger partial charge in [0.2, 0.25) is 11.8 Å². The van der Waals surface area contributed by atoms with Crippen LogP contribution in [-0.2, 0) is 31.3 Å². The molecule has 0 radical (unpaired) electrons. The number of carbonyl (C=O) groups excluding carboxylic acids is 2. The molecule has 1 aliphatic rings. The van der Waals surface area contributed by atoms with Gasteiger partial charge in [0.15, 0.2) is 15.3 Å². The Kier molecular flexibility index (Phi) is 8.83. The van der Waals surface area contributed by atoms with E-state index in [0.29, 0.717) is 22.4 Å². The van der Waals surface area contributed by atoms with Crippen LogP contribution in [0.5, 0.6) is 5.75 Å². The SMILES string of the molecule is Cc1ccccc1OCc1nnc(SCC(=O)Nc2ccc3nc(SCC(=O)n4c5c(c6ccccc64)CCCC5)sc3c2)n1C. The normalized spacial score (nSPS) is 12.8. The number of nitrogens with zero attached hydrogens (tertiary/aromatic N) is 5. The number of hydrogen-bond donors (Lipinski definition) is 1. The Morgan fingerprint density at radius 2 is 1.80 bits per heavy atom. The van der Waals surface area contributed by atoms with Gasteiger partial charge in [-0.05, 0) is 74.1 Å². The predicted octanol–water partition coefficient (Wildman–Crippen LogP) is 7.31. The van der Waals surface area contributed by atoms with Gasteiger partial charge in [-0.1, -0.05) is 59.9 Å². The molecule has 0 fully saturated rings. The van der Waals surface area contributed by atoms with E-state index in [1.54, 1.807) is 0 Å². The van der Waals surface area contributed by atoms with Crippen LogP contribution in [0.1, 0.15) is 40.3 Å². The summed E-state index contributed by atoms with van der Waals surface area (Å²) in [4.78, 5) is 31.0. The summed E-state index contributed by atoms with van der Waals surface area (Å²) in [7, 11) is 1.87. The van der Waals surface area contributed by atoms with Crippen molar-refractivity contribution >= 4 is 73.5 Å². The van der Waals surface area contributed by atoms with E-state index in [9.17, 15) is 9.59 Å². The maximum atomic E-state index is 13.5. The first-order valence-corrected chi connectivity index (χ1v) is 17.9. The van der Waals surface area contributed by atoms with Crippen molar-refractivity contribution in [2.75, 3.05) is 16.8 Å². The molecule has 1 amide bonds. The third kappa shape index (κ3) is 6.29. The topological polar surface area (TPSA) is 104 Å². The number of aromatic nitrogens is 5. The number of ether oxygens (including phenoxy) is 1. The minimum Gasteiger partial charge on any atom is -0.485 e. The number of carbonyl (C=O) groups is 2. The number of amides is 1. The molecule has 6 aromatic rings. The molecule has 3 heterocycles. The Hall–Kier alpha value is -4.13. The van der Waals surface area contributed by atoms with Gasteiger partial charge in [-0.15, -0.1) is 21.5 Å². The van der Waals surface area contributed by atoms with Gasteiger partial charge in [0.05, 0.1) is 27.2 Å². The molecular weight excluding hydrogens is 637 g/mol. The number of thioether (sulfide) groups is 2. The molecule has 3 aromatic carbocycles. The fourth-order valence-corrected chi connectivity index (χ4v) is 8.48. The average Bonchev–Trinajstić information content (AvgIpc) is 3.75. The van der Waals surface area contributed by atoms with Crippen molar-refractivity contribution in [2.24, 2.45) is 7.05 Å². The number of benzene rings is 3. The zero-order valence-corrected chi connectivity index (χ0v) is 27.9. The van der Waals surface area contributed by atoms with Crippen LogP contribution in [0.4, 0.5) is 5.69 Å². The smallest absolute Gasteiger partial charge is 0.241 e. The summed E-state index contributed by atoms with van der Waals surface area (Å²) in [5, 5.41) is 13.3. The zero-order chi connectivity index (χ0) is 31.6. The molecule has 0 spiro atoms. The van der Waals surface area contributed by atoms with Gasteiger partial charge < -0.3 is 14.6 Å². The standard InChI is InChI=1S/C34H32N6O3S3/c1-21-9-3-8-14-28(21)43-18-30-37-38-33(39(30)2)44-19-31(41)35-22-15-16-25-29(17-22)46-34(36-25)45-20-32(42)40-26-12-6-4-10-23(26)24-11-5-7-13-27(24)40/h3-4,6,8-10,12,14-17H,5,7,11,13,18-20H2,1-2H3,(H,35,41). The number of nitrogens with one attached hydrogen (secondary N) is 1. The number of anilines is 1. The molecule has 0 unspecified atom stereocenters. The Bertz CT molecular complexity index is 2080. The lowest BCUT2D eigenvalue weighted by Crippen LogP contribution is -2.18. The van der Waals surface area contributed by atoms with Crippen LogP contribution in [0.3, 0.4) is 0 Å². The first-order valence-electron chi connectivity index (χ1n) is 15.1. The van der Waals surface area contributed by atoms with Crippen LogP contribution in [0.15, 0.2) is 76.2 Å².